The molecule has 1 aliphatic rings. The predicted molar refractivity (Wildman–Crippen MR) is 127 cm³/mol. The third-order valence-corrected chi connectivity index (χ3v) is 7.11. The highest BCUT2D eigenvalue weighted by Gasteiger charge is 2.31. The van der Waals surface area contributed by atoms with Gasteiger partial charge in [-0.05, 0) is 29.8 Å². The first kappa shape index (κ1) is 20.8. The Bertz CT molecular complexity index is 1180. The number of ether oxygens (including phenoxy) is 1. The molecule has 3 heterocycles. The average Bonchev–Trinajstić information content (AvgIpc) is 3.39. The number of fused-ring (bicyclic) bond motifs is 1. The average molecular weight is 450 g/mol. The van der Waals surface area contributed by atoms with Crippen LogP contribution in [0.25, 0.3) is 4.96 Å². The maximum Gasteiger partial charge on any atom is 0.230 e. The van der Waals surface area contributed by atoms with E-state index in [9.17, 15) is 5.11 Å². The van der Waals surface area contributed by atoms with Crippen molar-refractivity contribution in [1.29, 1.82) is 0 Å². The van der Waals surface area contributed by atoms with Gasteiger partial charge in [0, 0.05) is 38.3 Å². The SMILES string of the molecule is CCc1nc2sc(C(c3ccccc3)N3CCN(c4ccc(OC)cc4)CC3)c(O)n2n1. The summed E-state index contributed by atoms with van der Waals surface area (Å²) in [6.45, 7) is 5.62. The Hall–Kier alpha value is -3.10. The van der Waals surface area contributed by atoms with E-state index in [1.54, 1.807) is 11.6 Å². The van der Waals surface area contributed by atoms with E-state index >= 15 is 0 Å². The van der Waals surface area contributed by atoms with Crippen LogP contribution in [0.5, 0.6) is 11.6 Å². The van der Waals surface area contributed by atoms with Crippen LogP contribution in [-0.2, 0) is 6.42 Å². The normalized spacial score (nSPS) is 15.9. The molecular formula is C24H27N5O2S. The summed E-state index contributed by atoms with van der Waals surface area (Å²) in [6, 6.07) is 18.6. The summed E-state index contributed by atoms with van der Waals surface area (Å²) in [5.41, 5.74) is 2.37. The van der Waals surface area contributed by atoms with E-state index in [2.05, 4.69) is 56.3 Å². The largest absolute Gasteiger partial charge is 0.497 e. The predicted octanol–water partition coefficient (Wildman–Crippen LogP) is 3.98. The van der Waals surface area contributed by atoms with Crippen molar-refractivity contribution in [3.05, 3.63) is 70.9 Å². The molecule has 7 nitrogen and oxygen atoms in total. The number of rotatable bonds is 6. The first-order chi connectivity index (χ1) is 15.7. The minimum atomic E-state index is -0.0345. The van der Waals surface area contributed by atoms with E-state index in [0.717, 1.165) is 54.0 Å². The zero-order valence-electron chi connectivity index (χ0n) is 18.3. The van der Waals surface area contributed by atoms with Crippen molar-refractivity contribution >= 4 is 22.0 Å². The molecular weight excluding hydrogens is 422 g/mol. The number of thiazole rings is 1. The van der Waals surface area contributed by atoms with Gasteiger partial charge in [-0.2, -0.15) is 4.52 Å². The Kier molecular flexibility index (Phi) is 5.71. The fraction of sp³-hybridized carbons (Fsp3) is 0.333. The van der Waals surface area contributed by atoms with E-state index < -0.39 is 0 Å². The molecule has 0 spiro atoms. The maximum atomic E-state index is 11.1. The number of aromatic nitrogens is 3. The van der Waals surface area contributed by atoms with E-state index in [0.29, 0.717) is 0 Å². The second-order valence-corrected chi connectivity index (χ2v) is 8.91. The Morgan fingerprint density at radius 1 is 1.03 bits per heavy atom. The first-order valence-electron chi connectivity index (χ1n) is 10.9. The van der Waals surface area contributed by atoms with Crippen LogP contribution >= 0.6 is 11.3 Å². The molecule has 1 fully saturated rings. The molecule has 0 saturated carbocycles. The van der Waals surface area contributed by atoms with Gasteiger partial charge in [-0.15, -0.1) is 5.10 Å². The zero-order chi connectivity index (χ0) is 22.1. The van der Waals surface area contributed by atoms with Crippen molar-refractivity contribution in [3.63, 3.8) is 0 Å². The molecule has 1 N–H and O–H groups in total. The molecule has 1 atom stereocenters. The van der Waals surface area contributed by atoms with E-state index in [1.807, 2.05) is 25.1 Å². The van der Waals surface area contributed by atoms with Crippen molar-refractivity contribution in [2.24, 2.45) is 0 Å². The van der Waals surface area contributed by atoms with Crippen LogP contribution in [-0.4, -0.2) is 57.9 Å². The van der Waals surface area contributed by atoms with Crippen LogP contribution in [0.2, 0.25) is 0 Å². The van der Waals surface area contributed by atoms with Crippen LogP contribution in [0.3, 0.4) is 0 Å². The fourth-order valence-electron chi connectivity index (χ4n) is 4.31. The number of hydrogen-bond acceptors (Lipinski definition) is 7. The van der Waals surface area contributed by atoms with Crippen molar-refractivity contribution in [2.75, 3.05) is 38.2 Å². The van der Waals surface area contributed by atoms with Crippen molar-refractivity contribution < 1.29 is 9.84 Å². The lowest BCUT2D eigenvalue weighted by molar-refractivity contribution is 0.211. The van der Waals surface area contributed by atoms with Gasteiger partial charge in [0.25, 0.3) is 0 Å². The quantitative estimate of drug-likeness (QED) is 0.480. The number of anilines is 1. The molecule has 8 heteroatoms. The second-order valence-electron chi connectivity index (χ2n) is 7.90. The monoisotopic (exact) mass is 449 g/mol. The fourth-order valence-corrected chi connectivity index (χ4v) is 5.45. The summed E-state index contributed by atoms with van der Waals surface area (Å²) >= 11 is 1.53. The van der Waals surface area contributed by atoms with Crippen LogP contribution in [0.4, 0.5) is 5.69 Å². The summed E-state index contributed by atoms with van der Waals surface area (Å²) in [7, 11) is 1.69. The summed E-state index contributed by atoms with van der Waals surface area (Å²) < 4.78 is 6.87. The second kappa shape index (κ2) is 8.80. The van der Waals surface area contributed by atoms with Crippen LogP contribution in [0.1, 0.15) is 29.2 Å². The van der Waals surface area contributed by atoms with E-state index in [-0.39, 0.29) is 11.9 Å². The number of hydrogen-bond donors (Lipinski definition) is 1. The summed E-state index contributed by atoms with van der Waals surface area (Å²) in [5, 5.41) is 15.5. The van der Waals surface area contributed by atoms with Gasteiger partial charge in [0.1, 0.15) is 5.75 Å². The van der Waals surface area contributed by atoms with Crippen LogP contribution in [0.15, 0.2) is 54.6 Å². The Morgan fingerprint density at radius 3 is 2.38 bits per heavy atom. The molecule has 4 aromatic rings. The number of aryl methyl sites for hydroxylation is 1. The summed E-state index contributed by atoms with van der Waals surface area (Å²) in [4.78, 5) is 11.1. The number of piperazine rings is 1. The first-order valence-corrected chi connectivity index (χ1v) is 11.7. The minimum absolute atomic E-state index is 0.0345. The van der Waals surface area contributed by atoms with E-state index in [4.69, 9.17) is 4.74 Å². The third-order valence-electron chi connectivity index (χ3n) is 6.04. The van der Waals surface area contributed by atoms with Gasteiger partial charge >= 0.3 is 0 Å². The summed E-state index contributed by atoms with van der Waals surface area (Å²) in [6.07, 6.45) is 0.749. The van der Waals surface area contributed by atoms with Crippen LogP contribution in [0, 0.1) is 0 Å². The number of methoxy groups -OCH3 is 1. The van der Waals surface area contributed by atoms with Crippen molar-refractivity contribution in [2.45, 2.75) is 19.4 Å². The highest BCUT2D eigenvalue weighted by Crippen LogP contribution is 2.40. The van der Waals surface area contributed by atoms with Crippen molar-refractivity contribution in [3.8, 4) is 11.6 Å². The van der Waals surface area contributed by atoms with Gasteiger partial charge in [-0.1, -0.05) is 48.6 Å². The van der Waals surface area contributed by atoms with Gasteiger partial charge < -0.3 is 14.7 Å². The molecule has 5 rings (SSSR count). The zero-order valence-corrected chi connectivity index (χ0v) is 19.1. The highest BCUT2D eigenvalue weighted by atomic mass is 32.1. The molecule has 1 aliphatic heterocycles. The number of aromatic hydroxyl groups is 1. The molecule has 2 aromatic heterocycles. The lowest BCUT2D eigenvalue weighted by atomic mass is 10.0. The standard InChI is InChI=1S/C24H27N5O2S/c1-3-20-25-24-29(26-20)23(30)22(32-24)21(17-7-5-4-6-8-17)28-15-13-27(14-16-28)18-9-11-19(31-2)12-10-18/h4-12,21,30H,3,13-16H2,1-2H3. The molecule has 0 radical (unpaired) electrons. The smallest absolute Gasteiger partial charge is 0.230 e. The van der Waals surface area contributed by atoms with Crippen molar-refractivity contribution in [1.82, 2.24) is 19.5 Å². The molecule has 1 saturated heterocycles. The van der Waals surface area contributed by atoms with Gasteiger partial charge in [0.2, 0.25) is 10.8 Å². The topological polar surface area (TPSA) is 66.1 Å². The van der Waals surface area contributed by atoms with Gasteiger partial charge in [-0.25, -0.2) is 4.98 Å². The Labute approximate surface area is 191 Å². The molecule has 0 aliphatic carbocycles. The molecule has 166 valence electrons. The lowest BCUT2D eigenvalue weighted by Crippen LogP contribution is -2.47. The molecule has 0 bridgehead atoms. The van der Waals surface area contributed by atoms with Gasteiger partial charge in [0.05, 0.1) is 18.0 Å². The highest BCUT2D eigenvalue weighted by molar-refractivity contribution is 7.17. The Balaban J connectivity index is 1.42. The summed E-state index contributed by atoms with van der Waals surface area (Å²) in [5.74, 6) is 1.82. The van der Waals surface area contributed by atoms with Crippen LogP contribution < -0.4 is 9.64 Å². The van der Waals surface area contributed by atoms with E-state index in [1.165, 1.54) is 22.6 Å². The molecule has 2 aromatic carbocycles. The minimum Gasteiger partial charge on any atom is -0.497 e. The number of nitrogens with zero attached hydrogens (tertiary/aromatic N) is 5. The molecule has 32 heavy (non-hydrogen) atoms. The maximum absolute atomic E-state index is 11.1. The molecule has 1 unspecified atom stereocenters. The Morgan fingerprint density at radius 2 is 1.75 bits per heavy atom. The molecule has 0 amide bonds. The third kappa shape index (κ3) is 3.80. The van der Waals surface area contributed by atoms with Gasteiger partial charge in [0.15, 0.2) is 5.82 Å². The van der Waals surface area contributed by atoms with Gasteiger partial charge in [-0.3, -0.25) is 4.90 Å². The number of benzene rings is 2. The lowest BCUT2D eigenvalue weighted by Gasteiger charge is -2.40.